The number of nitrogens with zero attached hydrogens (tertiary/aromatic N) is 4. The van der Waals surface area contributed by atoms with E-state index in [0.29, 0.717) is 6.54 Å². The van der Waals surface area contributed by atoms with Crippen LogP contribution in [0.2, 0.25) is 0 Å². The summed E-state index contributed by atoms with van der Waals surface area (Å²) in [6, 6.07) is 2.06. The summed E-state index contributed by atoms with van der Waals surface area (Å²) in [5.41, 5.74) is 3.22. The van der Waals surface area contributed by atoms with Gasteiger partial charge >= 0.3 is 0 Å². The lowest BCUT2D eigenvalue weighted by Crippen LogP contribution is -2.14. The second-order valence-electron chi connectivity index (χ2n) is 4.30. The van der Waals surface area contributed by atoms with E-state index in [2.05, 4.69) is 21.6 Å². The second-order valence-corrected chi connectivity index (χ2v) is 4.30. The van der Waals surface area contributed by atoms with Crippen molar-refractivity contribution in [3.8, 4) is 0 Å². The highest BCUT2D eigenvalue weighted by Crippen LogP contribution is 2.02. The molecule has 2 aromatic rings. The summed E-state index contributed by atoms with van der Waals surface area (Å²) in [6.45, 7) is 3.39. The molecule has 0 amide bonds. The highest BCUT2D eigenvalue weighted by Gasteiger charge is 2.02. The number of nitrogens with one attached hydrogen (secondary N) is 1. The molecule has 0 saturated heterocycles. The predicted molar refractivity (Wildman–Crippen MR) is 66.7 cm³/mol. The number of aryl methyl sites for hydroxylation is 3. The Labute approximate surface area is 106 Å². The molecule has 6 heteroatoms. The van der Waals surface area contributed by atoms with Crippen LogP contribution in [-0.4, -0.2) is 26.2 Å². The highest BCUT2D eigenvalue weighted by molar-refractivity contribution is 5.09. The van der Waals surface area contributed by atoms with Crippen LogP contribution < -0.4 is 5.32 Å². The van der Waals surface area contributed by atoms with Gasteiger partial charge in [0.05, 0.1) is 24.1 Å². The summed E-state index contributed by atoms with van der Waals surface area (Å²) in [4.78, 5) is 0. The van der Waals surface area contributed by atoms with Crippen molar-refractivity contribution in [2.24, 2.45) is 7.05 Å². The first-order valence-electron chi connectivity index (χ1n) is 5.96. The van der Waals surface area contributed by atoms with Gasteiger partial charge in [0.1, 0.15) is 6.67 Å². The van der Waals surface area contributed by atoms with Crippen molar-refractivity contribution in [1.82, 2.24) is 24.9 Å². The first-order chi connectivity index (χ1) is 8.69. The van der Waals surface area contributed by atoms with Gasteiger partial charge in [-0.2, -0.15) is 10.2 Å². The smallest absolute Gasteiger partial charge is 0.109 e. The zero-order valence-corrected chi connectivity index (χ0v) is 10.7. The van der Waals surface area contributed by atoms with Crippen LogP contribution in [0.25, 0.3) is 0 Å². The van der Waals surface area contributed by atoms with Crippen molar-refractivity contribution in [1.29, 1.82) is 0 Å². The largest absolute Gasteiger partial charge is 0.307 e. The maximum atomic E-state index is 12.1. The van der Waals surface area contributed by atoms with E-state index in [1.165, 1.54) is 0 Å². The third kappa shape index (κ3) is 3.16. The molecule has 5 nitrogen and oxygen atoms in total. The van der Waals surface area contributed by atoms with Crippen LogP contribution in [0.3, 0.4) is 0 Å². The summed E-state index contributed by atoms with van der Waals surface area (Å²) in [7, 11) is 1.93. The fourth-order valence-corrected chi connectivity index (χ4v) is 1.87. The van der Waals surface area contributed by atoms with Gasteiger partial charge in [0.25, 0.3) is 0 Å². The van der Waals surface area contributed by atoms with Gasteiger partial charge in [-0.15, -0.1) is 0 Å². The van der Waals surface area contributed by atoms with Gasteiger partial charge in [-0.25, -0.2) is 4.39 Å². The van der Waals surface area contributed by atoms with Gasteiger partial charge in [0.2, 0.25) is 0 Å². The Balaban J connectivity index is 1.82. The molecule has 18 heavy (non-hydrogen) atoms. The normalized spacial score (nSPS) is 11.1. The average Bonchev–Trinajstić information content (AvgIpc) is 2.87. The van der Waals surface area contributed by atoms with Crippen LogP contribution in [0.5, 0.6) is 0 Å². The maximum Gasteiger partial charge on any atom is 0.109 e. The van der Waals surface area contributed by atoms with Gasteiger partial charge in [0.15, 0.2) is 0 Å². The highest BCUT2D eigenvalue weighted by atomic mass is 19.1. The SMILES string of the molecule is Cc1cc(CNCc2cnn(CCF)c2)n(C)n1. The molecule has 0 aliphatic rings. The molecule has 2 aromatic heterocycles. The molecular formula is C12H18FN5. The lowest BCUT2D eigenvalue weighted by Gasteiger charge is -2.03. The lowest BCUT2D eigenvalue weighted by molar-refractivity contribution is 0.427. The fourth-order valence-electron chi connectivity index (χ4n) is 1.87. The summed E-state index contributed by atoms with van der Waals surface area (Å²) >= 11 is 0. The molecule has 0 fully saturated rings. The number of hydrogen-bond acceptors (Lipinski definition) is 3. The van der Waals surface area contributed by atoms with Crippen LogP contribution in [0, 0.1) is 6.92 Å². The molecule has 0 aliphatic carbocycles. The molecule has 0 aliphatic heterocycles. The predicted octanol–water partition coefficient (Wildman–Crippen LogP) is 1.18. The molecule has 98 valence electrons. The van der Waals surface area contributed by atoms with Crippen LogP contribution in [-0.2, 0) is 26.7 Å². The molecule has 0 atom stereocenters. The Morgan fingerprint density at radius 1 is 1.39 bits per heavy atom. The average molecular weight is 251 g/mol. The Kier molecular flexibility index (Phi) is 4.09. The lowest BCUT2D eigenvalue weighted by atomic mass is 10.3. The Hall–Kier alpha value is -1.69. The van der Waals surface area contributed by atoms with Crippen molar-refractivity contribution < 1.29 is 4.39 Å². The third-order valence-corrected chi connectivity index (χ3v) is 2.73. The Morgan fingerprint density at radius 2 is 2.22 bits per heavy atom. The Morgan fingerprint density at radius 3 is 2.89 bits per heavy atom. The first kappa shape index (κ1) is 12.8. The van der Waals surface area contributed by atoms with Gasteiger partial charge in [-0.3, -0.25) is 9.36 Å². The molecular weight excluding hydrogens is 233 g/mol. The zero-order chi connectivity index (χ0) is 13.0. The molecule has 0 bridgehead atoms. The summed E-state index contributed by atoms with van der Waals surface area (Å²) in [5.74, 6) is 0. The molecule has 2 heterocycles. The molecule has 0 spiro atoms. The van der Waals surface area contributed by atoms with Crippen LogP contribution in [0.1, 0.15) is 17.0 Å². The third-order valence-electron chi connectivity index (χ3n) is 2.73. The van der Waals surface area contributed by atoms with E-state index >= 15 is 0 Å². The number of rotatable bonds is 6. The molecule has 0 radical (unpaired) electrons. The van der Waals surface area contributed by atoms with Gasteiger partial charge in [0, 0.05) is 31.9 Å². The molecule has 0 saturated carbocycles. The van der Waals surface area contributed by atoms with E-state index in [1.807, 2.05) is 24.9 Å². The standard InChI is InChI=1S/C12H18FN5/c1-10-5-12(17(2)16-10)8-14-6-11-7-15-18(9-11)4-3-13/h5,7,9,14H,3-4,6,8H2,1-2H3. The zero-order valence-electron chi connectivity index (χ0n) is 10.7. The number of hydrogen-bond donors (Lipinski definition) is 1. The summed E-state index contributed by atoms with van der Waals surface area (Å²) in [5, 5.41) is 11.7. The Bertz CT molecular complexity index is 502. The van der Waals surface area contributed by atoms with E-state index < -0.39 is 0 Å². The van der Waals surface area contributed by atoms with Crippen LogP contribution >= 0.6 is 0 Å². The maximum absolute atomic E-state index is 12.1. The number of halogens is 1. The summed E-state index contributed by atoms with van der Waals surface area (Å²) in [6.07, 6.45) is 3.62. The van der Waals surface area contributed by atoms with Gasteiger partial charge in [-0.05, 0) is 13.0 Å². The quantitative estimate of drug-likeness (QED) is 0.838. The van der Waals surface area contributed by atoms with Gasteiger partial charge < -0.3 is 5.32 Å². The van der Waals surface area contributed by atoms with Crippen molar-refractivity contribution in [2.75, 3.05) is 6.67 Å². The van der Waals surface area contributed by atoms with E-state index in [4.69, 9.17) is 0 Å². The van der Waals surface area contributed by atoms with E-state index in [-0.39, 0.29) is 6.67 Å². The van der Waals surface area contributed by atoms with Crippen molar-refractivity contribution in [3.63, 3.8) is 0 Å². The van der Waals surface area contributed by atoms with E-state index in [9.17, 15) is 4.39 Å². The second kappa shape index (κ2) is 5.77. The van der Waals surface area contributed by atoms with Crippen molar-refractivity contribution >= 4 is 0 Å². The topological polar surface area (TPSA) is 47.7 Å². The minimum atomic E-state index is -0.386. The molecule has 2 rings (SSSR count). The van der Waals surface area contributed by atoms with Crippen molar-refractivity contribution in [2.45, 2.75) is 26.6 Å². The molecule has 0 unspecified atom stereocenters. The van der Waals surface area contributed by atoms with Crippen molar-refractivity contribution in [3.05, 3.63) is 35.4 Å². The summed E-state index contributed by atoms with van der Waals surface area (Å²) < 4.78 is 15.6. The minimum absolute atomic E-state index is 0.320. The minimum Gasteiger partial charge on any atom is -0.307 e. The molecule has 1 N–H and O–H groups in total. The van der Waals surface area contributed by atoms with Crippen LogP contribution in [0.15, 0.2) is 18.5 Å². The first-order valence-corrected chi connectivity index (χ1v) is 5.96. The number of aromatic nitrogens is 4. The van der Waals surface area contributed by atoms with E-state index in [0.717, 1.165) is 30.0 Å². The van der Waals surface area contributed by atoms with Gasteiger partial charge in [-0.1, -0.05) is 0 Å². The fraction of sp³-hybridized carbons (Fsp3) is 0.500. The van der Waals surface area contributed by atoms with E-state index in [1.54, 1.807) is 10.9 Å². The van der Waals surface area contributed by atoms with Crippen LogP contribution in [0.4, 0.5) is 4.39 Å². The molecule has 0 aromatic carbocycles. The number of alkyl halides is 1. The monoisotopic (exact) mass is 251 g/mol.